The van der Waals surface area contributed by atoms with Crippen LogP contribution in [0.15, 0.2) is 0 Å². The van der Waals surface area contributed by atoms with Gasteiger partial charge in [-0.15, -0.1) is 0 Å². The molecule has 6 heteroatoms. The Balaban J connectivity index is 0.000000241. The predicted molar refractivity (Wildman–Crippen MR) is 58.1 cm³/mol. The standard InChI is InChI=1S/C6H13N.C2H8N2O2S/c1-7-5-3-2-4-6-7;1-4(2)7(3,5)6/h2-6H2,1H3;1-2H3,(H2,3,5,6). The van der Waals surface area contributed by atoms with Gasteiger partial charge < -0.3 is 4.90 Å². The summed E-state index contributed by atoms with van der Waals surface area (Å²) in [6.45, 7) is 2.64. The van der Waals surface area contributed by atoms with Gasteiger partial charge in [-0.05, 0) is 33.0 Å². The molecule has 0 bridgehead atoms. The van der Waals surface area contributed by atoms with Crippen molar-refractivity contribution in [1.29, 1.82) is 0 Å². The average Bonchev–Trinajstić information content (AvgIpc) is 2.04. The third-order valence-corrected chi connectivity index (χ3v) is 3.11. The number of likely N-dealkylation sites (tertiary alicyclic amines) is 1. The molecule has 1 saturated heterocycles. The Labute approximate surface area is 87.0 Å². The molecule has 5 nitrogen and oxygen atoms in total. The van der Waals surface area contributed by atoms with Crippen LogP contribution >= 0.6 is 0 Å². The molecule has 1 aliphatic rings. The van der Waals surface area contributed by atoms with E-state index >= 15 is 0 Å². The molecule has 14 heavy (non-hydrogen) atoms. The first-order valence-corrected chi connectivity index (χ1v) is 6.23. The van der Waals surface area contributed by atoms with Gasteiger partial charge in [-0.25, -0.2) is 5.14 Å². The lowest BCUT2D eigenvalue weighted by atomic mass is 10.1. The monoisotopic (exact) mass is 223 g/mol. The van der Waals surface area contributed by atoms with E-state index in [1.165, 1.54) is 46.4 Å². The zero-order chi connectivity index (χ0) is 11.2. The Morgan fingerprint density at radius 2 is 1.50 bits per heavy atom. The summed E-state index contributed by atoms with van der Waals surface area (Å²) in [5.74, 6) is 0. The first kappa shape index (κ1) is 13.8. The molecule has 2 N–H and O–H groups in total. The maximum absolute atomic E-state index is 10.0. The van der Waals surface area contributed by atoms with Gasteiger partial charge in [0.15, 0.2) is 0 Å². The average molecular weight is 223 g/mol. The molecule has 0 aromatic rings. The maximum atomic E-state index is 10.0. The lowest BCUT2D eigenvalue weighted by Crippen LogP contribution is -2.29. The van der Waals surface area contributed by atoms with E-state index in [1.54, 1.807) is 0 Å². The van der Waals surface area contributed by atoms with E-state index in [0.29, 0.717) is 0 Å². The molecule has 1 heterocycles. The Bertz CT molecular complexity index is 233. The molecule has 1 fully saturated rings. The minimum Gasteiger partial charge on any atom is -0.306 e. The summed E-state index contributed by atoms with van der Waals surface area (Å²) < 4.78 is 21.0. The van der Waals surface area contributed by atoms with E-state index in [1.807, 2.05) is 0 Å². The molecule has 0 unspecified atom stereocenters. The van der Waals surface area contributed by atoms with Crippen molar-refractivity contribution in [3.05, 3.63) is 0 Å². The highest BCUT2D eigenvalue weighted by atomic mass is 32.2. The molecule has 0 aromatic heterocycles. The fourth-order valence-corrected chi connectivity index (χ4v) is 1.05. The van der Waals surface area contributed by atoms with Crippen LogP contribution in [0.2, 0.25) is 0 Å². The van der Waals surface area contributed by atoms with Gasteiger partial charge in [0.2, 0.25) is 0 Å². The third-order valence-electron chi connectivity index (χ3n) is 2.09. The van der Waals surface area contributed by atoms with Crippen LogP contribution in [0.3, 0.4) is 0 Å². The summed E-state index contributed by atoms with van der Waals surface area (Å²) in [6.07, 6.45) is 4.28. The van der Waals surface area contributed by atoms with Crippen molar-refractivity contribution in [2.75, 3.05) is 34.2 Å². The van der Waals surface area contributed by atoms with E-state index in [2.05, 4.69) is 17.1 Å². The first-order chi connectivity index (χ1) is 6.34. The highest BCUT2D eigenvalue weighted by Gasteiger charge is 2.02. The quantitative estimate of drug-likeness (QED) is 0.672. The summed E-state index contributed by atoms with van der Waals surface area (Å²) in [5.41, 5.74) is 0. The normalized spacial score (nSPS) is 18.9. The van der Waals surface area contributed by atoms with Crippen molar-refractivity contribution in [3.8, 4) is 0 Å². The Morgan fingerprint density at radius 3 is 1.64 bits per heavy atom. The van der Waals surface area contributed by atoms with Crippen molar-refractivity contribution in [2.24, 2.45) is 5.14 Å². The molecular formula is C8H21N3O2S. The number of nitrogens with zero attached hydrogens (tertiary/aromatic N) is 2. The SMILES string of the molecule is CN(C)S(N)(=O)=O.CN1CCCCC1. The van der Waals surface area contributed by atoms with Gasteiger partial charge in [-0.2, -0.15) is 12.7 Å². The van der Waals surface area contributed by atoms with Crippen LogP contribution in [-0.4, -0.2) is 51.9 Å². The summed E-state index contributed by atoms with van der Waals surface area (Å²) in [4.78, 5) is 2.39. The van der Waals surface area contributed by atoms with Crippen molar-refractivity contribution in [2.45, 2.75) is 19.3 Å². The van der Waals surface area contributed by atoms with Crippen molar-refractivity contribution in [3.63, 3.8) is 0 Å². The second kappa shape index (κ2) is 6.34. The fourth-order valence-electron chi connectivity index (χ4n) is 1.05. The first-order valence-electron chi connectivity index (χ1n) is 4.73. The van der Waals surface area contributed by atoms with Crippen molar-refractivity contribution >= 4 is 10.2 Å². The molecule has 86 valence electrons. The molecule has 0 aliphatic carbocycles. The van der Waals surface area contributed by atoms with Crippen LogP contribution in [0.1, 0.15) is 19.3 Å². The highest BCUT2D eigenvalue weighted by Crippen LogP contribution is 2.04. The summed E-state index contributed by atoms with van der Waals surface area (Å²) in [7, 11) is 1.53. The van der Waals surface area contributed by atoms with Gasteiger partial charge in [-0.1, -0.05) is 6.42 Å². The van der Waals surface area contributed by atoms with Crippen LogP contribution in [0.5, 0.6) is 0 Å². The summed E-state index contributed by atoms with van der Waals surface area (Å²) >= 11 is 0. The van der Waals surface area contributed by atoms with Crippen molar-refractivity contribution in [1.82, 2.24) is 9.21 Å². The van der Waals surface area contributed by atoms with Crippen molar-refractivity contribution < 1.29 is 8.42 Å². The second-order valence-corrected chi connectivity index (χ2v) is 5.45. The summed E-state index contributed by atoms with van der Waals surface area (Å²) in [5, 5.41) is 4.58. The number of nitrogens with two attached hydrogens (primary N) is 1. The van der Waals surface area contributed by atoms with Crippen LogP contribution < -0.4 is 5.14 Å². The van der Waals surface area contributed by atoms with Crippen LogP contribution in [0.25, 0.3) is 0 Å². The van der Waals surface area contributed by atoms with Crippen LogP contribution in [0.4, 0.5) is 0 Å². The van der Waals surface area contributed by atoms with Crippen LogP contribution in [0, 0.1) is 0 Å². The molecule has 0 aromatic carbocycles. The van der Waals surface area contributed by atoms with Crippen LogP contribution in [-0.2, 0) is 10.2 Å². The Morgan fingerprint density at radius 1 is 1.14 bits per heavy atom. The number of piperidine rings is 1. The number of hydrogen-bond acceptors (Lipinski definition) is 3. The minimum atomic E-state index is -3.41. The fraction of sp³-hybridized carbons (Fsp3) is 1.00. The summed E-state index contributed by atoms with van der Waals surface area (Å²) in [6, 6.07) is 0. The molecule has 0 spiro atoms. The van der Waals surface area contributed by atoms with Gasteiger partial charge in [0, 0.05) is 14.1 Å². The predicted octanol–water partition coefficient (Wildman–Crippen LogP) is -0.146. The number of rotatable bonds is 1. The van der Waals surface area contributed by atoms with E-state index < -0.39 is 10.2 Å². The zero-order valence-corrected chi connectivity index (χ0v) is 10.0. The van der Waals surface area contributed by atoms with Gasteiger partial charge in [0.05, 0.1) is 0 Å². The largest absolute Gasteiger partial charge is 0.306 e. The number of hydrogen-bond donors (Lipinski definition) is 1. The molecule has 0 radical (unpaired) electrons. The lowest BCUT2D eigenvalue weighted by molar-refractivity contribution is 0.277. The van der Waals surface area contributed by atoms with E-state index in [4.69, 9.17) is 0 Å². The van der Waals surface area contributed by atoms with E-state index in [-0.39, 0.29) is 0 Å². The molecular weight excluding hydrogens is 202 g/mol. The van der Waals surface area contributed by atoms with E-state index in [0.717, 1.165) is 4.31 Å². The Kier molecular flexibility index (Phi) is 6.26. The molecule has 0 saturated carbocycles. The highest BCUT2D eigenvalue weighted by molar-refractivity contribution is 7.86. The third kappa shape index (κ3) is 7.25. The molecule has 0 amide bonds. The Hall–Kier alpha value is -0.170. The van der Waals surface area contributed by atoms with Gasteiger partial charge in [-0.3, -0.25) is 0 Å². The molecule has 0 atom stereocenters. The van der Waals surface area contributed by atoms with Gasteiger partial charge >= 0.3 is 0 Å². The van der Waals surface area contributed by atoms with Gasteiger partial charge in [0.1, 0.15) is 0 Å². The van der Waals surface area contributed by atoms with Gasteiger partial charge in [0.25, 0.3) is 10.2 Å². The zero-order valence-electron chi connectivity index (χ0n) is 9.23. The van der Waals surface area contributed by atoms with E-state index in [9.17, 15) is 8.42 Å². The minimum absolute atomic E-state index is 0.938. The lowest BCUT2D eigenvalue weighted by Gasteiger charge is -2.20. The second-order valence-electron chi connectivity index (χ2n) is 3.69. The smallest absolute Gasteiger partial charge is 0.276 e. The maximum Gasteiger partial charge on any atom is 0.276 e. The topological polar surface area (TPSA) is 66.6 Å². The molecule has 1 aliphatic heterocycles. The molecule has 1 rings (SSSR count).